The molecule has 0 spiro atoms. The smallest absolute Gasteiger partial charge is 0.259 e. The Hall–Kier alpha value is -3.08. The molecule has 3 aromatic heterocycles. The van der Waals surface area contributed by atoms with Crippen molar-refractivity contribution in [2.75, 3.05) is 26.2 Å². The molecule has 10 heteroatoms. The van der Waals surface area contributed by atoms with Crippen molar-refractivity contribution in [1.82, 2.24) is 19.3 Å². The van der Waals surface area contributed by atoms with Gasteiger partial charge in [-0.15, -0.1) is 11.3 Å². The Bertz CT molecular complexity index is 1480. The summed E-state index contributed by atoms with van der Waals surface area (Å²) in [6.45, 7) is 6.77. The van der Waals surface area contributed by atoms with Crippen molar-refractivity contribution < 1.29 is 17.7 Å². The number of rotatable bonds is 4. The first kappa shape index (κ1) is 22.7. The molecule has 0 N–H and O–H groups in total. The predicted molar refractivity (Wildman–Crippen MR) is 130 cm³/mol. The molecule has 176 valence electrons. The molecule has 0 radical (unpaired) electrons. The highest BCUT2D eigenvalue weighted by Gasteiger charge is 2.32. The zero-order chi connectivity index (χ0) is 24.0. The van der Waals surface area contributed by atoms with Gasteiger partial charge >= 0.3 is 0 Å². The number of hydrogen-bond acceptors (Lipinski definition) is 7. The van der Waals surface area contributed by atoms with Gasteiger partial charge in [-0.3, -0.25) is 4.79 Å². The van der Waals surface area contributed by atoms with E-state index in [1.807, 2.05) is 26.0 Å². The van der Waals surface area contributed by atoms with E-state index in [4.69, 9.17) is 4.52 Å². The van der Waals surface area contributed by atoms with Gasteiger partial charge in [0.05, 0.1) is 32.1 Å². The molecule has 0 atom stereocenters. The maximum absolute atomic E-state index is 13.6. The Kier molecular flexibility index (Phi) is 5.75. The number of aromatic nitrogens is 2. The van der Waals surface area contributed by atoms with E-state index in [1.54, 1.807) is 53.5 Å². The maximum atomic E-state index is 13.6. The monoisotopic (exact) mass is 496 g/mol. The molecule has 0 bridgehead atoms. The number of fused-ring (bicyclic) bond motifs is 1. The molecule has 1 aromatic carbocycles. The lowest BCUT2D eigenvalue weighted by Crippen LogP contribution is -2.50. The Balaban J connectivity index is 1.41. The van der Waals surface area contributed by atoms with Crippen molar-refractivity contribution in [3.05, 3.63) is 64.2 Å². The number of hydrogen-bond donors (Lipinski definition) is 0. The predicted octanol–water partition coefficient (Wildman–Crippen LogP) is 4.02. The molecular weight excluding hydrogens is 472 g/mol. The van der Waals surface area contributed by atoms with E-state index in [1.165, 1.54) is 4.31 Å². The molecule has 1 aliphatic heterocycles. The molecule has 5 rings (SSSR count). The summed E-state index contributed by atoms with van der Waals surface area (Å²) in [5.74, 6) is -0.180. The highest BCUT2D eigenvalue weighted by molar-refractivity contribution is 7.89. The van der Waals surface area contributed by atoms with E-state index in [-0.39, 0.29) is 23.9 Å². The number of carbonyl (C=O) groups is 1. The fourth-order valence-corrected chi connectivity index (χ4v) is 6.37. The fraction of sp³-hybridized carbons (Fsp3) is 0.292. The van der Waals surface area contributed by atoms with Gasteiger partial charge in [-0.1, -0.05) is 22.9 Å². The SMILES string of the molecule is Cc1ccc(S(=O)(=O)N2CCN(C(=O)c3cc(-c4ccc(C)s4)nc4onc(C)c34)CC2)cc1. The normalized spacial score (nSPS) is 15.2. The molecular formula is C24H24N4O4S2. The maximum Gasteiger partial charge on any atom is 0.259 e. The lowest BCUT2D eigenvalue weighted by atomic mass is 10.1. The first-order valence-corrected chi connectivity index (χ1v) is 13.2. The van der Waals surface area contributed by atoms with Crippen LogP contribution in [0.5, 0.6) is 0 Å². The Labute approximate surface area is 201 Å². The molecule has 4 aromatic rings. The zero-order valence-corrected chi connectivity index (χ0v) is 20.7. The molecule has 1 aliphatic rings. The van der Waals surface area contributed by atoms with E-state index in [0.717, 1.165) is 15.3 Å². The van der Waals surface area contributed by atoms with Gasteiger partial charge in [0.2, 0.25) is 10.0 Å². The van der Waals surface area contributed by atoms with Gasteiger partial charge in [0.15, 0.2) is 0 Å². The van der Waals surface area contributed by atoms with Crippen LogP contribution in [0.4, 0.5) is 0 Å². The Morgan fingerprint density at radius 3 is 2.35 bits per heavy atom. The summed E-state index contributed by atoms with van der Waals surface area (Å²) in [7, 11) is -3.60. The fourth-order valence-electron chi connectivity index (χ4n) is 4.12. The minimum atomic E-state index is -3.60. The van der Waals surface area contributed by atoms with Crippen LogP contribution in [0.3, 0.4) is 0 Å². The highest BCUT2D eigenvalue weighted by Crippen LogP contribution is 2.32. The number of pyridine rings is 1. The van der Waals surface area contributed by atoms with Gasteiger partial charge in [-0.2, -0.15) is 4.31 Å². The summed E-state index contributed by atoms with van der Waals surface area (Å²) in [6, 6.07) is 12.6. The Morgan fingerprint density at radius 2 is 1.71 bits per heavy atom. The average molecular weight is 497 g/mol. The summed E-state index contributed by atoms with van der Waals surface area (Å²) in [5, 5.41) is 4.61. The van der Waals surface area contributed by atoms with Crippen LogP contribution < -0.4 is 0 Å². The first-order chi connectivity index (χ1) is 16.2. The second-order valence-corrected chi connectivity index (χ2v) is 11.6. The molecule has 0 unspecified atom stereocenters. The van der Waals surface area contributed by atoms with Crippen LogP contribution in [0.1, 0.15) is 26.5 Å². The molecule has 8 nitrogen and oxygen atoms in total. The molecule has 0 aliphatic carbocycles. The standard InChI is InChI=1S/C24H24N4O4S2/c1-15-4-7-18(8-5-15)34(30,31)28-12-10-27(11-13-28)24(29)19-14-20(21-9-6-16(2)33-21)25-23-22(19)17(3)26-32-23/h4-9,14H,10-13H2,1-3H3. The number of aryl methyl sites for hydroxylation is 3. The number of nitrogens with zero attached hydrogens (tertiary/aromatic N) is 4. The van der Waals surface area contributed by atoms with Crippen LogP contribution >= 0.6 is 11.3 Å². The molecule has 4 heterocycles. The largest absolute Gasteiger partial charge is 0.336 e. The molecule has 0 saturated carbocycles. The number of sulfonamides is 1. The number of thiophene rings is 1. The van der Waals surface area contributed by atoms with Crippen LogP contribution in [0.2, 0.25) is 0 Å². The van der Waals surface area contributed by atoms with Gasteiger partial charge in [0.1, 0.15) is 0 Å². The first-order valence-electron chi connectivity index (χ1n) is 10.9. The minimum Gasteiger partial charge on any atom is -0.336 e. The third-order valence-electron chi connectivity index (χ3n) is 6.02. The quantitative estimate of drug-likeness (QED) is 0.423. The van der Waals surface area contributed by atoms with Crippen molar-refractivity contribution >= 4 is 38.4 Å². The van der Waals surface area contributed by atoms with Gasteiger partial charge in [0, 0.05) is 31.1 Å². The summed E-state index contributed by atoms with van der Waals surface area (Å²) in [6.07, 6.45) is 0. The van der Waals surface area contributed by atoms with E-state index in [0.29, 0.717) is 41.1 Å². The van der Waals surface area contributed by atoms with Crippen molar-refractivity contribution in [3.63, 3.8) is 0 Å². The van der Waals surface area contributed by atoms with Crippen molar-refractivity contribution in [3.8, 4) is 10.6 Å². The van der Waals surface area contributed by atoms with Gasteiger partial charge < -0.3 is 9.42 Å². The highest BCUT2D eigenvalue weighted by atomic mass is 32.2. The topological polar surface area (TPSA) is 96.6 Å². The van der Waals surface area contributed by atoms with E-state index in [2.05, 4.69) is 10.1 Å². The van der Waals surface area contributed by atoms with Crippen LogP contribution in [0, 0.1) is 20.8 Å². The molecule has 1 saturated heterocycles. The van der Waals surface area contributed by atoms with Crippen molar-refractivity contribution in [2.45, 2.75) is 25.7 Å². The lowest BCUT2D eigenvalue weighted by Gasteiger charge is -2.34. The summed E-state index contributed by atoms with van der Waals surface area (Å²) in [5.41, 5.74) is 3.05. The minimum absolute atomic E-state index is 0.180. The van der Waals surface area contributed by atoms with Crippen LogP contribution in [0.25, 0.3) is 21.7 Å². The van der Waals surface area contributed by atoms with Gasteiger partial charge in [0.25, 0.3) is 11.6 Å². The summed E-state index contributed by atoms with van der Waals surface area (Å²) >= 11 is 1.59. The summed E-state index contributed by atoms with van der Waals surface area (Å²) < 4.78 is 32.9. The van der Waals surface area contributed by atoms with Crippen molar-refractivity contribution in [2.24, 2.45) is 0 Å². The zero-order valence-electron chi connectivity index (χ0n) is 19.1. The van der Waals surface area contributed by atoms with Crippen LogP contribution in [0.15, 0.2) is 51.9 Å². The number of carbonyl (C=O) groups excluding carboxylic acids is 1. The van der Waals surface area contributed by atoms with Gasteiger partial charge in [-0.25, -0.2) is 13.4 Å². The third kappa shape index (κ3) is 4.02. The van der Waals surface area contributed by atoms with Gasteiger partial charge in [-0.05, 0) is 51.1 Å². The Morgan fingerprint density at radius 1 is 1.00 bits per heavy atom. The second kappa shape index (κ2) is 8.61. The lowest BCUT2D eigenvalue weighted by molar-refractivity contribution is 0.0699. The molecule has 34 heavy (non-hydrogen) atoms. The van der Waals surface area contributed by atoms with E-state index in [9.17, 15) is 13.2 Å². The molecule has 1 amide bonds. The van der Waals surface area contributed by atoms with Crippen LogP contribution in [-0.2, 0) is 10.0 Å². The third-order valence-corrected chi connectivity index (χ3v) is 8.96. The van der Waals surface area contributed by atoms with Crippen LogP contribution in [-0.4, -0.2) is 59.8 Å². The second-order valence-electron chi connectivity index (χ2n) is 8.42. The number of piperazine rings is 1. The molecule has 1 fully saturated rings. The van der Waals surface area contributed by atoms with E-state index < -0.39 is 10.0 Å². The number of benzene rings is 1. The van der Waals surface area contributed by atoms with Crippen molar-refractivity contribution in [1.29, 1.82) is 0 Å². The summed E-state index contributed by atoms with van der Waals surface area (Å²) in [4.78, 5) is 22.2. The number of amides is 1. The average Bonchev–Trinajstić information content (AvgIpc) is 3.44. The van der Waals surface area contributed by atoms with E-state index >= 15 is 0 Å².